The second kappa shape index (κ2) is 6.78. The summed E-state index contributed by atoms with van der Waals surface area (Å²) in [4.78, 5) is 0. The fourth-order valence-electron chi connectivity index (χ4n) is 0.395. The SMILES string of the molecule is ClCCl.NC1=CCOC=C1. The van der Waals surface area contributed by atoms with Crippen molar-refractivity contribution in [3.05, 3.63) is 24.1 Å². The predicted molar refractivity (Wildman–Crippen MR) is 43.9 cm³/mol. The molecule has 0 atom stereocenters. The summed E-state index contributed by atoms with van der Waals surface area (Å²) in [6.45, 7) is 0.613. The molecule has 58 valence electrons. The Morgan fingerprint density at radius 3 is 2.40 bits per heavy atom. The van der Waals surface area contributed by atoms with Crippen LogP contribution < -0.4 is 5.73 Å². The number of alkyl halides is 2. The molecule has 10 heavy (non-hydrogen) atoms. The lowest BCUT2D eigenvalue weighted by Gasteiger charge is -2.00. The van der Waals surface area contributed by atoms with E-state index in [9.17, 15) is 0 Å². The number of ether oxygens (including phenoxy) is 1. The van der Waals surface area contributed by atoms with E-state index in [0.717, 1.165) is 5.70 Å². The van der Waals surface area contributed by atoms with Gasteiger partial charge < -0.3 is 10.5 Å². The molecule has 0 spiro atoms. The Kier molecular flexibility index (Phi) is 6.55. The number of rotatable bonds is 0. The molecule has 1 rings (SSSR count). The first-order chi connectivity index (χ1) is 4.81. The summed E-state index contributed by atoms with van der Waals surface area (Å²) in [6.07, 6.45) is 5.14. The molecule has 1 aliphatic rings. The minimum atomic E-state index is 0.194. The Hall–Kier alpha value is -0.340. The fourth-order valence-corrected chi connectivity index (χ4v) is 0.395. The van der Waals surface area contributed by atoms with E-state index in [4.69, 9.17) is 33.7 Å². The van der Waals surface area contributed by atoms with Gasteiger partial charge in [0.1, 0.15) is 6.61 Å². The quantitative estimate of drug-likeness (QED) is 0.579. The van der Waals surface area contributed by atoms with Crippen molar-refractivity contribution in [3.8, 4) is 0 Å². The van der Waals surface area contributed by atoms with Gasteiger partial charge in [-0.15, -0.1) is 23.2 Å². The molecular weight excluding hydrogens is 173 g/mol. The topological polar surface area (TPSA) is 35.2 Å². The Morgan fingerprint density at radius 2 is 2.20 bits per heavy atom. The molecule has 0 saturated heterocycles. The van der Waals surface area contributed by atoms with E-state index in [1.165, 1.54) is 0 Å². The van der Waals surface area contributed by atoms with Gasteiger partial charge >= 0.3 is 0 Å². The molecule has 0 aromatic carbocycles. The highest BCUT2D eigenvalue weighted by Gasteiger charge is 1.86. The van der Waals surface area contributed by atoms with E-state index < -0.39 is 0 Å². The Balaban J connectivity index is 0.000000236. The summed E-state index contributed by atoms with van der Waals surface area (Å²) in [5.74, 6) is 0. The molecule has 0 fully saturated rings. The second-order valence-electron chi connectivity index (χ2n) is 1.44. The minimum absolute atomic E-state index is 0.194. The standard InChI is InChI=1S/C5H7NO.CH2Cl2/c6-5-1-3-7-4-2-5;2-1-3/h1-3H,4,6H2;1H2. The highest BCUT2D eigenvalue weighted by molar-refractivity contribution is 6.40. The Labute approximate surface area is 70.2 Å². The first-order valence-electron chi connectivity index (χ1n) is 2.67. The maximum atomic E-state index is 5.33. The van der Waals surface area contributed by atoms with E-state index in [1.54, 1.807) is 12.3 Å². The molecule has 0 aliphatic carbocycles. The van der Waals surface area contributed by atoms with E-state index in [0.29, 0.717) is 6.61 Å². The van der Waals surface area contributed by atoms with Crippen molar-refractivity contribution >= 4 is 23.2 Å². The number of hydrogen-bond donors (Lipinski definition) is 1. The molecule has 0 saturated carbocycles. The van der Waals surface area contributed by atoms with Gasteiger partial charge in [0.25, 0.3) is 0 Å². The molecule has 1 aliphatic heterocycles. The summed E-state index contributed by atoms with van der Waals surface area (Å²) in [6, 6.07) is 0. The second-order valence-corrected chi connectivity index (χ2v) is 2.25. The molecular formula is C6H9Cl2NO. The lowest BCUT2D eigenvalue weighted by Crippen LogP contribution is -1.99. The third kappa shape index (κ3) is 5.79. The van der Waals surface area contributed by atoms with Crippen LogP contribution in [0.2, 0.25) is 0 Å². The zero-order valence-electron chi connectivity index (χ0n) is 5.39. The molecule has 4 heteroatoms. The van der Waals surface area contributed by atoms with Gasteiger partial charge in [0, 0.05) is 5.70 Å². The first kappa shape index (κ1) is 9.66. The van der Waals surface area contributed by atoms with Gasteiger partial charge in [0.15, 0.2) is 0 Å². The highest BCUT2D eigenvalue weighted by atomic mass is 35.5. The molecule has 2 nitrogen and oxygen atoms in total. The molecule has 0 radical (unpaired) electrons. The van der Waals surface area contributed by atoms with Crippen LogP contribution in [0.5, 0.6) is 0 Å². The normalized spacial score (nSPS) is 14.4. The predicted octanol–water partition coefficient (Wildman–Crippen LogP) is 1.79. The average molecular weight is 182 g/mol. The van der Waals surface area contributed by atoms with E-state index in [-0.39, 0.29) is 5.34 Å². The van der Waals surface area contributed by atoms with Crippen molar-refractivity contribution in [1.29, 1.82) is 0 Å². The third-order valence-electron chi connectivity index (χ3n) is 0.772. The van der Waals surface area contributed by atoms with Crippen LogP contribution in [0.25, 0.3) is 0 Å². The highest BCUT2D eigenvalue weighted by Crippen LogP contribution is 1.94. The van der Waals surface area contributed by atoms with Gasteiger partial charge in [-0.25, -0.2) is 0 Å². The van der Waals surface area contributed by atoms with Crippen LogP contribution in [0.15, 0.2) is 24.1 Å². The van der Waals surface area contributed by atoms with Crippen molar-refractivity contribution in [2.24, 2.45) is 5.73 Å². The maximum Gasteiger partial charge on any atom is 0.108 e. The molecule has 0 unspecified atom stereocenters. The summed E-state index contributed by atoms with van der Waals surface area (Å²) in [5.41, 5.74) is 6.11. The van der Waals surface area contributed by atoms with E-state index in [2.05, 4.69) is 0 Å². The Bertz CT molecular complexity index is 134. The van der Waals surface area contributed by atoms with Crippen molar-refractivity contribution in [3.63, 3.8) is 0 Å². The summed E-state index contributed by atoms with van der Waals surface area (Å²) < 4.78 is 4.80. The molecule has 0 aromatic heterocycles. The van der Waals surface area contributed by atoms with Crippen LogP contribution in [0, 0.1) is 0 Å². The van der Waals surface area contributed by atoms with E-state index in [1.807, 2.05) is 6.08 Å². The van der Waals surface area contributed by atoms with Crippen molar-refractivity contribution < 1.29 is 4.74 Å². The number of hydrogen-bond acceptors (Lipinski definition) is 2. The smallest absolute Gasteiger partial charge is 0.108 e. The average Bonchev–Trinajstić information content (AvgIpc) is 1.91. The summed E-state index contributed by atoms with van der Waals surface area (Å²) >= 11 is 9.53. The molecule has 0 aromatic rings. The van der Waals surface area contributed by atoms with Crippen LogP contribution in [0.4, 0.5) is 0 Å². The van der Waals surface area contributed by atoms with Crippen LogP contribution in [0.1, 0.15) is 0 Å². The van der Waals surface area contributed by atoms with Crippen LogP contribution in [-0.2, 0) is 4.74 Å². The monoisotopic (exact) mass is 181 g/mol. The van der Waals surface area contributed by atoms with Crippen LogP contribution in [0.3, 0.4) is 0 Å². The maximum absolute atomic E-state index is 5.33. The molecule has 1 heterocycles. The number of halogens is 2. The zero-order chi connectivity index (χ0) is 7.82. The van der Waals surface area contributed by atoms with Gasteiger partial charge in [-0.2, -0.15) is 0 Å². The number of allylic oxidation sites excluding steroid dienone is 1. The molecule has 2 N–H and O–H groups in total. The molecule has 0 amide bonds. The summed E-state index contributed by atoms with van der Waals surface area (Å²) in [5, 5.41) is 0.194. The van der Waals surface area contributed by atoms with Gasteiger partial charge in [0.05, 0.1) is 11.6 Å². The first-order valence-corrected chi connectivity index (χ1v) is 3.74. The van der Waals surface area contributed by atoms with Crippen molar-refractivity contribution in [2.45, 2.75) is 0 Å². The zero-order valence-corrected chi connectivity index (χ0v) is 6.90. The Morgan fingerprint density at radius 1 is 1.60 bits per heavy atom. The minimum Gasteiger partial charge on any atom is -0.497 e. The summed E-state index contributed by atoms with van der Waals surface area (Å²) in [7, 11) is 0. The van der Waals surface area contributed by atoms with Gasteiger partial charge in [-0.05, 0) is 12.2 Å². The van der Waals surface area contributed by atoms with Crippen molar-refractivity contribution in [2.75, 3.05) is 11.9 Å². The fraction of sp³-hybridized carbons (Fsp3) is 0.333. The third-order valence-corrected chi connectivity index (χ3v) is 0.772. The molecule has 0 bridgehead atoms. The van der Waals surface area contributed by atoms with Crippen molar-refractivity contribution in [1.82, 2.24) is 0 Å². The lowest BCUT2D eigenvalue weighted by molar-refractivity contribution is 0.284. The lowest BCUT2D eigenvalue weighted by atomic mass is 10.4. The number of nitrogens with two attached hydrogens (primary N) is 1. The largest absolute Gasteiger partial charge is 0.497 e. The van der Waals surface area contributed by atoms with Crippen LogP contribution in [-0.4, -0.2) is 11.9 Å². The van der Waals surface area contributed by atoms with Gasteiger partial charge in [0.2, 0.25) is 0 Å². The van der Waals surface area contributed by atoms with Gasteiger partial charge in [-0.1, -0.05) is 0 Å². The van der Waals surface area contributed by atoms with Gasteiger partial charge in [-0.3, -0.25) is 0 Å². The van der Waals surface area contributed by atoms with E-state index >= 15 is 0 Å². The van der Waals surface area contributed by atoms with Crippen LogP contribution >= 0.6 is 23.2 Å².